The molecule has 0 saturated heterocycles. The van der Waals surface area contributed by atoms with Gasteiger partial charge in [0.2, 0.25) is 5.91 Å². The van der Waals surface area contributed by atoms with E-state index in [-0.39, 0.29) is 6.54 Å². The van der Waals surface area contributed by atoms with Crippen molar-refractivity contribution in [2.24, 2.45) is 0 Å². The molecule has 0 bridgehead atoms. The minimum Gasteiger partial charge on any atom is -0.323 e. The number of carbonyl (C=O) groups excluding carboxylic acids is 3. The van der Waals surface area contributed by atoms with E-state index in [4.69, 9.17) is 0 Å². The normalized spacial score (nSPS) is 13.4. The third-order valence-corrected chi connectivity index (χ3v) is 4.27. The van der Waals surface area contributed by atoms with Crippen LogP contribution in [0.25, 0.3) is 5.65 Å². The molecule has 3 amide bonds. The van der Waals surface area contributed by atoms with E-state index in [1.807, 2.05) is 11.3 Å². The second-order valence-corrected chi connectivity index (χ2v) is 5.78. The van der Waals surface area contributed by atoms with Crippen LogP contribution in [0.2, 0.25) is 0 Å². The van der Waals surface area contributed by atoms with Crippen LogP contribution in [0.5, 0.6) is 0 Å². The molecule has 1 aromatic carbocycles. The summed E-state index contributed by atoms with van der Waals surface area (Å²) >= 11 is 0. The molecule has 0 saturated carbocycles. The molecule has 0 unspecified atom stereocenters. The first-order valence-corrected chi connectivity index (χ1v) is 7.74. The Morgan fingerprint density at radius 1 is 1.08 bits per heavy atom. The van der Waals surface area contributed by atoms with Gasteiger partial charge in [-0.05, 0) is 31.2 Å². The number of aryl methyl sites for hydroxylation is 1. The maximum absolute atomic E-state index is 12.4. The Morgan fingerprint density at radius 3 is 2.44 bits per heavy atom. The number of nitrogens with one attached hydrogen (secondary N) is 1. The molecular formula is C18H14N4O3. The number of imide groups is 1. The Balaban J connectivity index is 1.54. The van der Waals surface area contributed by atoms with Gasteiger partial charge in [0.1, 0.15) is 12.2 Å². The number of hydrogen-bond acceptors (Lipinski definition) is 4. The molecule has 1 aliphatic rings. The van der Waals surface area contributed by atoms with Crippen LogP contribution in [0.4, 0.5) is 5.69 Å². The maximum atomic E-state index is 12.4. The highest BCUT2D eigenvalue weighted by Gasteiger charge is 2.36. The van der Waals surface area contributed by atoms with Crippen molar-refractivity contribution in [3.8, 4) is 0 Å². The van der Waals surface area contributed by atoms with Crippen molar-refractivity contribution < 1.29 is 14.4 Å². The van der Waals surface area contributed by atoms with Crippen molar-refractivity contribution in [3.63, 3.8) is 0 Å². The van der Waals surface area contributed by atoms with Crippen LogP contribution >= 0.6 is 0 Å². The number of carbonyl (C=O) groups is 3. The smallest absolute Gasteiger partial charge is 0.262 e. The fraction of sp³-hybridized carbons (Fsp3) is 0.111. The zero-order chi connectivity index (χ0) is 17.6. The van der Waals surface area contributed by atoms with Crippen molar-refractivity contribution in [3.05, 3.63) is 65.6 Å². The molecule has 1 N–H and O–H groups in total. The Hall–Kier alpha value is -3.48. The van der Waals surface area contributed by atoms with Gasteiger partial charge >= 0.3 is 0 Å². The second kappa shape index (κ2) is 5.55. The molecule has 0 spiro atoms. The van der Waals surface area contributed by atoms with E-state index in [1.54, 1.807) is 48.8 Å². The minimum absolute atomic E-state index is 0.326. The lowest BCUT2D eigenvalue weighted by Crippen LogP contribution is -2.37. The molecule has 0 radical (unpaired) electrons. The maximum Gasteiger partial charge on any atom is 0.262 e. The minimum atomic E-state index is -0.447. The van der Waals surface area contributed by atoms with Crippen LogP contribution in [0, 0.1) is 6.92 Å². The molecule has 124 valence electrons. The number of imidazole rings is 1. The van der Waals surface area contributed by atoms with Gasteiger partial charge in [-0.2, -0.15) is 0 Å². The Morgan fingerprint density at radius 2 is 1.76 bits per heavy atom. The predicted octanol–water partition coefficient (Wildman–Crippen LogP) is 1.88. The van der Waals surface area contributed by atoms with E-state index in [9.17, 15) is 14.4 Å². The van der Waals surface area contributed by atoms with Crippen LogP contribution in [0.15, 0.2) is 48.8 Å². The lowest BCUT2D eigenvalue weighted by atomic mass is 10.1. The number of amides is 3. The van der Waals surface area contributed by atoms with Crippen LogP contribution in [0.3, 0.4) is 0 Å². The van der Waals surface area contributed by atoms with E-state index in [0.717, 1.165) is 16.2 Å². The second-order valence-electron chi connectivity index (χ2n) is 5.78. The van der Waals surface area contributed by atoms with Gasteiger partial charge < -0.3 is 9.72 Å². The zero-order valence-electron chi connectivity index (χ0n) is 13.4. The monoisotopic (exact) mass is 334 g/mol. The first kappa shape index (κ1) is 15.1. The van der Waals surface area contributed by atoms with Crippen molar-refractivity contribution >= 4 is 29.1 Å². The number of nitrogens with zero attached hydrogens (tertiary/aromatic N) is 3. The van der Waals surface area contributed by atoms with Crippen molar-refractivity contribution in [2.75, 3.05) is 11.9 Å². The third-order valence-electron chi connectivity index (χ3n) is 4.27. The number of hydrogen-bond donors (Lipinski definition) is 1. The molecule has 4 rings (SSSR count). The van der Waals surface area contributed by atoms with Gasteiger partial charge in [-0.3, -0.25) is 19.3 Å². The largest absolute Gasteiger partial charge is 0.323 e. The third kappa shape index (κ3) is 2.37. The fourth-order valence-corrected chi connectivity index (χ4v) is 2.98. The molecule has 25 heavy (non-hydrogen) atoms. The standard InChI is InChI=1S/C18H14N4O3/c1-11-14(6-7-15-19-8-9-21(11)15)20-16(23)10-22-17(24)12-4-2-3-5-13(12)18(22)25/h2-9H,10H2,1H3,(H,20,23). The fourth-order valence-electron chi connectivity index (χ4n) is 2.98. The zero-order valence-corrected chi connectivity index (χ0v) is 13.4. The highest BCUT2D eigenvalue weighted by atomic mass is 16.2. The number of anilines is 1. The quantitative estimate of drug-likeness (QED) is 0.741. The summed E-state index contributed by atoms with van der Waals surface area (Å²) in [5.74, 6) is -1.33. The molecule has 0 fully saturated rings. The Kier molecular flexibility index (Phi) is 3.35. The summed E-state index contributed by atoms with van der Waals surface area (Å²) in [4.78, 5) is 42.1. The van der Waals surface area contributed by atoms with Crippen molar-refractivity contribution in [2.45, 2.75) is 6.92 Å². The summed E-state index contributed by atoms with van der Waals surface area (Å²) in [6, 6.07) is 10.1. The van der Waals surface area contributed by atoms with E-state index in [0.29, 0.717) is 16.8 Å². The molecule has 7 nitrogen and oxygen atoms in total. The average Bonchev–Trinajstić information content (AvgIpc) is 3.18. The molecule has 2 aromatic heterocycles. The lowest BCUT2D eigenvalue weighted by Gasteiger charge is -2.15. The highest BCUT2D eigenvalue weighted by molar-refractivity contribution is 6.22. The van der Waals surface area contributed by atoms with Gasteiger partial charge in [0.25, 0.3) is 11.8 Å². The number of aromatic nitrogens is 2. The molecule has 1 aliphatic heterocycles. The SMILES string of the molecule is Cc1c(NC(=O)CN2C(=O)c3ccccc3C2=O)ccc2nccn12. The number of benzene rings is 1. The number of rotatable bonds is 3. The van der Waals surface area contributed by atoms with Gasteiger partial charge in [0.15, 0.2) is 0 Å². The first-order chi connectivity index (χ1) is 12.1. The van der Waals surface area contributed by atoms with E-state index >= 15 is 0 Å². The number of fused-ring (bicyclic) bond motifs is 2. The molecule has 0 aliphatic carbocycles. The van der Waals surface area contributed by atoms with Gasteiger partial charge in [-0.15, -0.1) is 0 Å². The van der Waals surface area contributed by atoms with Gasteiger partial charge in [-0.1, -0.05) is 12.1 Å². The summed E-state index contributed by atoms with van der Waals surface area (Å²) < 4.78 is 1.84. The van der Waals surface area contributed by atoms with Gasteiger partial charge in [0, 0.05) is 18.1 Å². The summed E-state index contributed by atoms with van der Waals surface area (Å²) in [5.41, 5.74) is 2.85. The van der Waals surface area contributed by atoms with Gasteiger partial charge in [0.05, 0.1) is 16.8 Å². The van der Waals surface area contributed by atoms with Crippen LogP contribution in [-0.4, -0.2) is 38.6 Å². The van der Waals surface area contributed by atoms with Crippen molar-refractivity contribution in [1.82, 2.24) is 14.3 Å². The molecule has 7 heteroatoms. The predicted molar refractivity (Wildman–Crippen MR) is 90.4 cm³/mol. The van der Waals surface area contributed by atoms with Crippen LogP contribution in [0.1, 0.15) is 26.4 Å². The van der Waals surface area contributed by atoms with E-state index in [1.165, 1.54) is 0 Å². The van der Waals surface area contributed by atoms with Crippen LogP contribution in [-0.2, 0) is 4.79 Å². The molecule has 3 heterocycles. The Labute approximate surface area is 142 Å². The van der Waals surface area contributed by atoms with Crippen LogP contribution < -0.4 is 5.32 Å². The van der Waals surface area contributed by atoms with E-state index in [2.05, 4.69) is 10.3 Å². The lowest BCUT2D eigenvalue weighted by molar-refractivity contribution is -0.116. The van der Waals surface area contributed by atoms with Gasteiger partial charge in [-0.25, -0.2) is 4.98 Å². The highest BCUT2D eigenvalue weighted by Crippen LogP contribution is 2.22. The van der Waals surface area contributed by atoms with Crippen molar-refractivity contribution in [1.29, 1.82) is 0 Å². The molecular weight excluding hydrogens is 320 g/mol. The number of pyridine rings is 1. The summed E-state index contributed by atoms with van der Waals surface area (Å²) in [5, 5.41) is 2.75. The Bertz CT molecular complexity index is 1000. The molecule has 0 atom stereocenters. The average molecular weight is 334 g/mol. The summed E-state index contributed by atoms with van der Waals surface area (Å²) in [6.45, 7) is 1.53. The molecule has 3 aromatic rings. The topological polar surface area (TPSA) is 83.8 Å². The van der Waals surface area contributed by atoms with E-state index < -0.39 is 17.7 Å². The first-order valence-electron chi connectivity index (χ1n) is 7.74. The summed E-state index contributed by atoms with van der Waals surface area (Å²) in [7, 11) is 0. The summed E-state index contributed by atoms with van der Waals surface area (Å²) in [6.07, 6.45) is 3.47.